The Kier molecular flexibility index (Phi) is 5.01. The molecule has 3 aromatic rings. The third-order valence-electron chi connectivity index (χ3n) is 4.83. The number of rotatable bonds is 4. The Balaban J connectivity index is 1.73. The van der Waals surface area contributed by atoms with E-state index < -0.39 is 5.97 Å². The number of pyridine rings is 1. The maximum atomic E-state index is 13.2. The number of nitrogens with zero attached hydrogens (tertiary/aromatic N) is 1. The molecule has 0 aliphatic heterocycles. The van der Waals surface area contributed by atoms with E-state index in [9.17, 15) is 9.59 Å². The number of carbonyl (C=O) groups excluding carboxylic acids is 2. The molecule has 0 fully saturated rings. The number of aromatic nitrogens is 1. The Hall–Kier alpha value is -2.92. The fraction of sp³-hybridized carbons (Fsp3) is 0.227. The number of hydrogen-bond acceptors (Lipinski definition) is 4. The summed E-state index contributed by atoms with van der Waals surface area (Å²) in [4.78, 5) is 29.9. The highest BCUT2D eigenvalue weighted by Crippen LogP contribution is 2.32. The second-order valence-corrected chi connectivity index (χ2v) is 7.12. The molecule has 5 nitrogen and oxygen atoms in total. The van der Waals surface area contributed by atoms with Crippen LogP contribution in [0.5, 0.6) is 0 Å². The number of aryl methyl sites for hydroxylation is 1. The minimum absolute atomic E-state index is 0.228. The van der Waals surface area contributed by atoms with Crippen molar-refractivity contribution in [1.82, 2.24) is 4.98 Å². The molecule has 0 saturated carbocycles. The summed E-state index contributed by atoms with van der Waals surface area (Å²) >= 11 is 6.18. The van der Waals surface area contributed by atoms with Crippen LogP contribution in [0.4, 0.5) is 5.69 Å². The first-order chi connectivity index (χ1) is 13.6. The first-order valence-electron chi connectivity index (χ1n) is 9.26. The van der Waals surface area contributed by atoms with Gasteiger partial charge in [0.1, 0.15) is 0 Å². The van der Waals surface area contributed by atoms with E-state index in [-0.39, 0.29) is 5.91 Å². The van der Waals surface area contributed by atoms with E-state index in [0.29, 0.717) is 28.4 Å². The minimum Gasteiger partial charge on any atom is -0.462 e. The number of carbonyl (C=O) groups is 2. The van der Waals surface area contributed by atoms with Crippen LogP contribution in [-0.4, -0.2) is 23.5 Å². The largest absolute Gasteiger partial charge is 0.462 e. The highest BCUT2D eigenvalue weighted by Gasteiger charge is 2.24. The molecule has 0 spiro atoms. The van der Waals surface area contributed by atoms with Gasteiger partial charge in [-0.2, -0.15) is 0 Å². The number of esters is 1. The van der Waals surface area contributed by atoms with Crippen LogP contribution in [0.15, 0.2) is 42.5 Å². The number of halogens is 1. The van der Waals surface area contributed by atoms with Gasteiger partial charge in [0.25, 0.3) is 5.91 Å². The zero-order valence-corrected chi connectivity index (χ0v) is 16.2. The summed E-state index contributed by atoms with van der Waals surface area (Å²) in [5.74, 6) is -0.644. The Morgan fingerprint density at radius 1 is 1.18 bits per heavy atom. The van der Waals surface area contributed by atoms with Gasteiger partial charge in [-0.05, 0) is 68.1 Å². The van der Waals surface area contributed by atoms with Gasteiger partial charge in [0, 0.05) is 21.8 Å². The number of anilines is 1. The highest BCUT2D eigenvalue weighted by molar-refractivity contribution is 6.31. The molecule has 4 rings (SSSR count). The lowest BCUT2D eigenvalue weighted by Crippen LogP contribution is -2.16. The summed E-state index contributed by atoms with van der Waals surface area (Å²) in [6.07, 6.45) is 2.66. The molecule has 1 aliphatic rings. The molecular weight excluding hydrogens is 376 g/mol. The van der Waals surface area contributed by atoms with Gasteiger partial charge in [0.15, 0.2) is 0 Å². The van der Waals surface area contributed by atoms with Crippen molar-refractivity contribution in [2.24, 2.45) is 0 Å². The molecule has 1 N–H and O–H groups in total. The summed E-state index contributed by atoms with van der Waals surface area (Å²) in [5.41, 5.74) is 4.26. The van der Waals surface area contributed by atoms with Crippen molar-refractivity contribution in [3.63, 3.8) is 0 Å². The van der Waals surface area contributed by atoms with Gasteiger partial charge >= 0.3 is 5.97 Å². The fourth-order valence-corrected chi connectivity index (χ4v) is 3.80. The highest BCUT2D eigenvalue weighted by atomic mass is 35.5. The van der Waals surface area contributed by atoms with Gasteiger partial charge in [-0.25, -0.2) is 4.79 Å². The minimum atomic E-state index is -0.416. The summed E-state index contributed by atoms with van der Waals surface area (Å²) < 4.78 is 5.03. The zero-order chi connectivity index (χ0) is 19.7. The van der Waals surface area contributed by atoms with Gasteiger partial charge in [-0.3, -0.25) is 9.78 Å². The van der Waals surface area contributed by atoms with Crippen LogP contribution in [0.3, 0.4) is 0 Å². The molecule has 0 saturated heterocycles. The van der Waals surface area contributed by atoms with E-state index in [1.165, 1.54) is 0 Å². The molecule has 0 unspecified atom stereocenters. The predicted molar refractivity (Wildman–Crippen MR) is 109 cm³/mol. The van der Waals surface area contributed by atoms with Crippen LogP contribution in [0.25, 0.3) is 10.9 Å². The van der Waals surface area contributed by atoms with Crippen molar-refractivity contribution in [2.45, 2.75) is 26.2 Å². The summed E-state index contributed by atoms with van der Waals surface area (Å²) in [6.45, 7) is 2.05. The third-order valence-corrected chi connectivity index (χ3v) is 5.07. The molecule has 0 radical (unpaired) electrons. The van der Waals surface area contributed by atoms with E-state index in [4.69, 9.17) is 21.3 Å². The second-order valence-electron chi connectivity index (χ2n) is 6.68. The van der Waals surface area contributed by atoms with Crippen molar-refractivity contribution < 1.29 is 14.3 Å². The van der Waals surface area contributed by atoms with Crippen molar-refractivity contribution in [2.75, 3.05) is 11.9 Å². The number of amides is 1. The quantitative estimate of drug-likeness (QED) is 0.645. The Bertz CT molecular complexity index is 1090. The first-order valence-corrected chi connectivity index (χ1v) is 9.64. The number of fused-ring (bicyclic) bond motifs is 2. The zero-order valence-electron chi connectivity index (χ0n) is 15.4. The monoisotopic (exact) mass is 394 g/mol. The smallest absolute Gasteiger partial charge is 0.338 e. The van der Waals surface area contributed by atoms with Crippen LogP contribution in [-0.2, 0) is 17.6 Å². The summed E-state index contributed by atoms with van der Waals surface area (Å²) in [6, 6.07) is 12.1. The lowest BCUT2D eigenvalue weighted by atomic mass is 10.0. The molecule has 2 aromatic carbocycles. The van der Waals surface area contributed by atoms with E-state index >= 15 is 0 Å². The fourth-order valence-electron chi connectivity index (χ4n) is 3.63. The standard InChI is InChI=1S/C22H19ClN2O3/c1-2-28-22(27)13-5-3-6-15(11-13)24-21(26)20-16-7-4-8-18(16)25-19-10-9-14(23)12-17(19)20/h3,5-6,9-12H,2,4,7-8H2,1H3,(H,24,26). The Morgan fingerprint density at radius 2 is 2.04 bits per heavy atom. The van der Waals surface area contributed by atoms with E-state index in [1.54, 1.807) is 43.3 Å². The normalized spacial score (nSPS) is 12.6. The van der Waals surface area contributed by atoms with Crippen LogP contribution in [0.1, 0.15) is 45.3 Å². The van der Waals surface area contributed by atoms with Gasteiger partial charge in [0.2, 0.25) is 0 Å². The molecule has 0 atom stereocenters. The van der Waals surface area contributed by atoms with Crippen LogP contribution >= 0.6 is 11.6 Å². The first kappa shape index (κ1) is 18.4. The van der Waals surface area contributed by atoms with Crippen molar-refractivity contribution in [3.05, 3.63) is 69.9 Å². The molecule has 1 aliphatic carbocycles. The number of hydrogen-bond donors (Lipinski definition) is 1. The van der Waals surface area contributed by atoms with Gasteiger partial charge in [-0.1, -0.05) is 17.7 Å². The number of benzene rings is 2. The average Bonchev–Trinajstić information content (AvgIpc) is 3.14. The lowest BCUT2D eigenvalue weighted by Gasteiger charge is -2.13. The Morgan fingerprint density at radius 3 is 2.86 bits per heavy atom. The van der Waals surface area contributed by atoms with Crippen molar-refractivity contribution in [3.8, 4) is 0 Å². The molecule has 6 heteroatoms. The number of ether oxygens (including phenoxy) is 1. The van der Waals surface area contributed by atoms with E-state index in [2.05, 4.69) is 5.32 Å². The molecule has 1 heterocycles. The maximum absolute atomic E-state index is 13.2. The molecule has 0 bridgehead atoms. The average molecular weight is 395 g/mol. The molecule has 28 heavy (non-hydrogen) atoms. The summed E-state index contributed by atoms with van der Waals surface area (Å²) in [7, 11) is 0. The Labute approximate surface area is 167 Å². The molecule has 1 amide bonds. The van der Waals surface area contributed by atoms with Gasteiger partial charge in [-0.15, -0.1) is 0 Å². The van der Waals surface area contributed by atoms with E-state index in [1.807, 2.05) is 6.07 Å². The van der Waals surface area contributed by atoms with E-state index in [0.717, 1.165) is 41.4 Å². The number of nitrogens with one attached hydrogen (secondary N) is 1. The van der Waals surface area contributed by atoms with Crippen LogP contribution < -0.4 is 5.32 Å². The third kappa shape index (κ3) is 3.45. The van der Waals surface area contributed by atoms with Crippen molar-refractivity contribution in [1.29, 1.82) is 0 Å². The van der Waals surface area contributed by atoms with Crippen molar-refractivity contribution >= 4 is 40.1 Å². The lowest BCUT2D eigenvalue weighted by molar-refractivity contribution is 0.0526. The molecule has 142 valence electrons. The summed E-state index contributed by atoms with van der Waals surface area (Å²) in [5, 5.41) is 4.22. The van der Waals surface area contributed by atoms with Crippen LogP contribution in [0, 0.1) is 0 Å². The molecular formula is C22H19ClN2O3. The SMILES string of the molecule is CCOC(=O)c1cccc(NC(=O)c2c3c(nc4ccc(Cl)cc24)CCC3)c1. The topological polar surface area (TPSA) is 68.3 Å². The maximum Gasteiger partial charge on any atom is 0.338 e. The molecule has 1 aromatic heterocycles. The van der Waals surface area contributed by atoms with Crippen LogP contribution in [0.2, 0.25) is 5.02 Å². The second kappa shape index (κ2) is 7.60. The predicted octanol–water partition coefficient (Wildman–Crippen LogP) is 4.81. The van der Waals surface area contributed by atoms with Gasteiger partial charge < -0.3 is 10.1 Å². The van der Waals surface area contributed by atoms with Gasteiger partial charge in [0.05, 0.1) is 23.3 Å².